The lowest BCUT2D eigenvalue weighted by molar-refractivity contribution is 0.0691. The minimum absolute atomic E-state index is 0.117. The fourth-order valence-electron chi connectivity index (χ4n) is 1.60. The van der Waals surface area contributed by atoms with Gasteiger partial charge in [0.05, 0.1) is 0 Å². The van der Waals surface area contributed by atoms with Crippen LogP contribution in [0, 0.1) is 0 Å². The molecule has 0 radical (unpaired) electrons. The Morgan fingerprint density at radius 3 is 2.94 bits per heavy atom. The first-order chi connectivity index (χ1) is 8.25. The molecule has 1 aliphatic heterocycles. The third-order valence-corrected chi connectivity index (χ3v) is 4.27. The van der Waals surface area contributed by atoms with Crippen molar-refractivity contribution in [3.63, 3.8) is 0 Å². The van der Waals surface area contributed by atoms with Gasteiger partial charge in [0.1, 0.15) is 0 Å². The summed E-state index contributed by atoms with van der Waals surface area (Å²) in [7, 11) is 0. The zero-order valence-corrected chi connectivity index (χ0v) is 11.0. The molecule has 1 saturated heterocycles. The minimum Gasteiger partial charge on any atom is -0.476 e. The van der Waals surface area contributed by atoms with Gasteiger partial charge in [0.15, 0.2) is 10.8 Å². The van der Waals surface area contributed by atoms with E-state index in [1.165, 1.54) is 22.8 Å². The molecule has 2 rings (SSSR count). The van der Waals surface area contributed by atoms with E-state index >= 15 is 0 Å². The predicted octanol–water partition coefficient (Wildman–Crippen LogP) is 1.30. The van der Waals surface area contributed by atoms with Crippen molar-refractivity contribution < 1.29 is 9.90 Å². The van der Waals surface area contributed by atoms with Crippen molar-refractivity contribution in [2.24, 2.45) is 0 Å². The second-order valence-electron chi connectivity index (χ2n) is 3.72. The first-order valence-corrected chi connectivity index (χ1v) is 7.52. The Morgan fingerprint density at radius 1 is 1.53 bits per heavy atom. The van der Waals surface area contributed by atoms with Gasteiger partial charge in [-0.05, 0) is 0 Å². The molecule has 0 bridgehead atoms. The number of hydrogen-bond acceptors (Lipinski definition) is 6. The highest BCUT2D eigenvalue weighted by molar-refractivity contribution is 7.99. The van der Waals surface area contributed by atoms with E-state index < -0.39 is 5.97 Å². The average Bonchev–Trinajstić information content (AvgIpc) is 2.79. The van der Waals surface area contributed by atoms with Crippen molar-refractivity contribution in [1.82, 2.24) is 9.88 Å². The maximum Gasteiger partial charge on any atom is 0.355 e. The largest absolute Gasteiger partial charge is 0.476 e. The van der Waals surface area contributed by atoms with Crippen LogP contribution in [0.3, 0.4) is 0 Å². The van der Waals surface area contributed by atoms with Gasteiger partial charge in [0.25, 0.3) is 0 Å². The maximum atomic E-state index is 10.6. The molecule has 2 heterocycles. The van der Waals surface area contributed by atoms with Crippen molar-refractivity contribution in [3.8, 4) is 0 Å². The number of anilines is 1. The number of hydrogen-bond donors (Lipinski definition) is 2. The van der Waals surface area contributed by atoms with E-state index in [9.17, 15) is 4.79 Å². The predicted molar refractivity (Wildman–Crippen MR) is 71.3 cm³/mol. The number of rotatable bonds is 5. The highest BCUT2D eigenvalue weighted by Crippen LogP contribution is 2.15. The highest BCUT2D eigenvalue weighted by atomic mass is 32.2. The Kier molecular flexibility index (Phi) is 4.64. The van der Waals surface area contributed by atoms with E-state index in [2.05, 4.69) is 15.2 Å². The van der Waals surface area contributed by atoms with E-state index in [0.717, 1.165) is 26.2 Å². The molecule has 0 saturated carbocycles. The Bertz CT molecular complexity index is 377. The summed E-state index contributed by atoms with van der Waals surface area (Å²) in [5.41, 5.74) is 0.117. The highest BCUT2D eigenvalue weighted by Gasteiger charge is 2.11. The smallest absolute Gasteiger partial charge is 0.355 e. The molecule has 0 amide bonds. The summed E-state index contributed by atoms with van der Waals surface area (Å²) in [5.74, 6) is 1.45. The van der Waals surface area contributed by atoms with Gasteiger partial charge in [-0.25, -0.2) is 9.78 Å². The summed E-state index contributed by atoms with van der Waals surface area (Å²) in [5, 5.41) is 14.1. The monoisotopic (exact) mass is 273 g/mol. The van der Waals surface area contributed by atoms with Crippen LogP contribution in [0.1, 0.15) is 10.5 Å². The van der Waals surface area contributed by atoms with Gasteiger partial charge >= 0.3 is 5.97 Å². The molecule has 94 valence electrons. The van der Waals surface area contributed by atoms with E-state index in [0.29, 0.717) is 5.13 Å². The summed E-state index contributed by atoms with van der Waals surface area (Å²) in [4.78, 5) is 17.0. The van der Waals surface area contributed by atoms with Crippen LogP contribution in [0.4, 0.5) is 5.13 Å². The fourth-order valence-corrected chi connectivity index (χ4v) is 3.29. The first kappa shape index (κ1) is 12.7. The van der Waals surface area contributed by atoms with Gasteiger partial charge in [0.2, 0.25) is 0 Å². The number of thiazole rings is 1. The number of aromatic nitrogens is 1. The lowest BCUT2D eigenvalue weighted by atomic mass is 10.4. The number of aromatic carboxylic acids is 1. The van der Waals surface area contributed by atoms with Crippen LogP contribution in [-0.2, 0) is 0 Å². The van der Waals surface area contributed by atoms with Crippen molar-refractivity contribution in [2.45, 2.75) is 0 Å². The van der Waals surface area contributed by atoms with E-state index in [1.54, 1.807) is 5.38 Å². The summed E-state index contributed by atoms with van der Waals surface area (Å²) in [6.07, 6.45) is 0. The molecule has 1 aromatic rings. The molecule has 2 N–H and O–H groups in total. The Balaban J connectivity index is 1.71. The number of nitrogens with one attached hydrogen (secondary N) is 1. The van der Waals surface area contributed by atoms with Crippen molar-refractivity contribution in [3.05, 3.63) is 11.1 Å². The summed E-state index contributed by atoms with van der Waals surface area (Å²) < 4.78 is 0. The van der Waals surface area contributed by atoms with Gasteiger partial charge < -0.3 is 10.4 Å². The van der Waals surface area contributed by atoms with Gasteiger partial charge in [-0.2, -0.15) is 11.8 Å². The SMILES string of the molecule is O=C(O)c1csc(NCCN2CCSCC2)n1. The maximum absolute atomic E-state index is 10.6. The molecule has 0 unspecified atom stereocenters. The van der Waals surface area contributed by atoms with Crippen LogP contribution in [0.25, 0.3) is 0 Å². The van der Waals surface area contributed by atoms with E-state index in [1.807, 2.05) is 11.8 Å². The molecule has 1 aliphatic rings. The molecular formula is C10H15N3O2S2. The molecule has 0 spiro atoms. The van der Waals surface area contributed by atoms with E-state index in [-0.39, 0.29) is 5.69 Å². The Labute approximate surface area is 108 Å². The van der Waals surface area contributed by atoms with Crippen LogP contribution < -0.4 is 5.32 Å². The molecule has 5 nitrogen and oxygen atoms in total. The molecule has 1 fully saturated rings. The fraction of sp³-hybridized carbons (Fsp3) is 0.600. The Hall–Kier alpha value is -0.790. The van der Waals surface area contributed by atoms with Gasteiger partial charge in [-0.15, -0.1) is 11.3 Å². The number of nitrogens with zero attached hydrogens (tertiary/aromatic N) is 2. The molecular weight excluding hydrogens is 258 g/mol. The van der Waals surface area contributed by atoms with Crippen LogP contribution in [-0.4, -0.2) is 58.6 Å². The molecule has 7 heteroatoms. The standard InChI is InChI=1S/C10H15N3O2S2/c14-9(15)8-7-17-10(12-8)11-1-2-13-3-5-16-6-4-13/h7H,1-6H2,(H,11,12)(H,14,15). The normalized spacial score (nSPS) is 16.9. The quantitative estimate of drug-likeness (QED) is 0.843. The zero-order chi connectivity index (χ0) is 12.1. The first-order valence-electron chi connectivity index (χ1n) is 5.48. The van der Waals surface area contributed by atoms with Crippen molar-refractivity contribution in [1.29, 1.82) is 0 Å². The average molecular weight is 273 g/mol. The second kappa shape index (κ2) is 6.23. The molecule has 17 heavy (non-hydrogen) atoms. The van der Waals surface area contributed by atoms with Crippen LogP contribution in [0.2, 0.25) is 0 Å². The number of carboxylic acid groups (broad SMARTS) is 1. The van der Waals surface area contributed by atoms with E-state index in [4.69, 9.17) is 5.11 Å². The van der Waals surface area contributed by atoms with Crippen molar-refractivity contribution in [2.75, 3.05) is 43.0 Å². The molecule has 1 aromatic heterocycles. The number of carbonyl (C=O) groups is 1. The molecule has 0 aliphatic carbocycles. The number of carboxylic acids is 1. The summed E-state index contributed by atoms with van der Waals surface area (Å²) in [6, 6.07) is 0. The Morgan fingerprint density at radius 2 is 2.29 bits per heavy atom. The second-order valence-corrected chi connectivity index (χ2v) is 5.81. The van der Waals surface area contributed by atoms with Gasteiger partial charge in [-0.1, -0.05) is 0 Å². The minimum atomic E-state index is -0.970. The molecule has 0 atom stereocenters. The van der Waals surface area contributed by atoms with Crippen LogP contribution in [0.5, 0.6) is 0 Å². The lowest BCUT2D eigenvalue weighted by Crippen LogP contribution is -2.36. The lowest BCUT2D eigenvalue weighted by Gasteiger charge is -2.25. The van der Waals surface area contributed by atoms with Crippen LogP contribution in [0.15, 0.2) is 5.38 Å². The third-order valence-electron chi connectivity index (χ3n) is 2.53. The summed E-state index contributed by atoms with van der Waals surface area (Å²) in [6.45, 7) is 4.09. The summed E-state index contributed by atoms with van der Waals surface area (Å²) >= 11 is 3.34. The topological polar surface area (TPSA) is 65.5 Å². The zero-order valence-electron chi connectivity index (χ0n) is 9.39. The molecule has 0 aromatic carbocycles. The van der Waals surface area contributed by atoms with Gasteiger partial charge in [0, 0.05) is 43.1 Å². The van der Waals surface area contributed by atoms with Gasteiger partial charge in [-0.3, -0.25) is 4.90 Å². The van der Waals surface area contributed by atoms with Crippen molar-refractivity contribution >= 4 is 34.2 Å². The third kappa shape index (κ3) is 3.86. The number of thioether (sulfide) groups is 1. The van der Waals surface area contributed by atoms with Crippen LogP contribution >= 0.6 is 23.1 Å².